The fourth-order valence-corrected chi connectivity index (χ4v) is 2.56. The molecule has 2 N–H and O–H groups in total. The lowest BCUT2D eigenvalue weighted by atomic mass is 9.81. The molecule has 17 heavy (non-hydrogen) atoms. The van der Waals surface area contributed by atoms with Crippen LogP contribution in [0.1, 0.15) is 36.3 Å². The lowest BCUT2D eigenvalue weighted by molar-refractivity contribution is -0.121. The fraction of sp³-hybridized carbons (Fsp3) is 0.500. The highest BCUT2D eigenvalue weighted by Gasteiger charge is 2.21. The summed E-state index contributed by atoms with van der Waals surface area (Å²) in [5.41, 5.74) is 2.72. The first-order valence-electron chi connectivity index (χ1n) is 6.26. The Labute approximate surface area is 102 Å². The minimum Gasteiger partial charge on any atom is -0.395 e. The van der Waals surface area contributed by atoms with Gasteiger partial charge in [0.2, 0.25) is 5.91 Å². The van der Waals surface area contributed by atoms with Gasteiger partial charge in [0.1, 0.15) is 0 Å². The predicted octanol–water partition coefficient (Wildman–Crippen LogP) is 1.61. The predicted molar refractivity (Wildman–Crippen MR) is 66.8 cm³/mol. The molecular weight excluding hydrogens is 214 g/mol. The second-order valence-electron chi connectivity index (χ2n) is 4.57. The van der Waals surface area contributed by atoms with Crippen molar-refractivity contribution < 1.29 is 9.90 Å². The summed E-state index contributed by atoms with van der Waals surface area (Å²) in [5.74, 6) is 0.388. The van der Waals surface area contributed by atoms with Crippen LogP contribution in [-0.2, 0) is 11.2 Å². The molecule has 1 unspecified atom stereocenters. The second kappa shape index (κ2) is 5.82. The molecule has 0 saturated heterocycles. The third-order valence-electron chi connectivity index (χ3n) is 3.36. The lowest BCUT2D eigenvalue weighted by Gasteiger charge is -2.24. The average molecular weight is 233 g/mol. The number of amides is 1. The van der Waals surface area contributed by atoms with Crippen molar-refractivity contribution >= 4 is 5.91 Å². The third-order valence-corrected chi connectivity index (χ3v) is 3.36. The van der Waals surface area contributed by atoms with Gasteiger partial charge in [-0.15, -0.1) is 0 Å². The van der Waals surface area contributed by atoms with Crippen LogP contribution in [0, 0.1) is 0 Å². The zero-order valence-electron chi connectivity index (χ0n) is 9.98. The Morgan fingerprint density at radius 1 is 1.41 bits per heavy atom. The van der Waals surface area contributed by atoms with Gasteiger partial charge in [0.05, 0.1) is 6.61 Å². The number of benzene rings is 1. The van der Waals surface area contributed by atoms with E-state index >= 15 is 0 Å². The molecule has 0 aromatic heterocycles. The number of aliphatic hydroxyl groups is 1. The van der Waals surface area contributed by atoms with Crippen LogP contribution < -0.4 is 5.32 Å². The third kappa shape index (κ3) is 3.07. The number of aryl methyl sites for hydroxylation is 1. The SMILES string of the molecule is O=C(CC1CCCc2ccccc21)NCCO. The lowest BCUT2D eigenvalue weighted by Crippen LogP contribution is -2.28. The van der Waals surface area contributed by atoms with E-state index in [2.05, 4.69) is 23.5 Å². The quantitative estimate of drug-likeness (QED) is 0.830. The molecule has 0 saturated carbocycles. The summed E-state index contributed by atoms with van der Waals surface area (Å²) < 4.78 is 0. The first-order chi connectivity index (χ1) is 8.31. The van der Waals surface area contributed by atoms with Crippen molar-refractivity contribution in [2.45, 2.75) is 31.6 Å². The van der Waals surface area contributed by atoms with E-state index < -0.39 is 0 Å². The molecule has 1 aliphatic carbocycles. The Balaban J connectivity index is 2.01. The highest BCUT2D eigenvalue weighted by molar-refractivity contribution is 5.77. The average Bonchev–Trinajstić information content (AvgIpc) is 2.37. The van der Waals surface area contributed by atoms with Gasteiger partial charge in [-0.25, -0.2) is 0 Å². The van der Waals surface area contributed by atoms with Gasteiger partial charge < -0.3 is 10.4 Å². The fourth-order valence-electron chi connectivity index (χ4n) is 2.56. The number of rotatable bonds is 4. The second-order valence-corrected chi connectivity index (χ2v) is 4.57. The molecule has 0 fully saturated rings. The van der Waals surface area contributed by atoms with E-state index in [1.54, 1.807) is 0 Å². The molecule has 1 aromatic rings. The van der Waals surface area contributed by atoms with Crippen molar-refractivity contribution in [3.8, 4) is 0 Å². The zero-order chi connectivity index (χ0) is 12.1. The molecule has 1 atom stereocenters. The molecular formula is C14H19NO2. The van der Waals surface area contributed by atoms with Gasteiger partial charge in [-0.3, -0.25) is 4.79 Å². The minimum absolute atomic E-state index is 0.00694. The number of carbonyl (C=O) groups excluding carboxylic acids is 1. The van der Waals surface area contributed by atoms with Crippen LogP contribution >= 0.6 is 0 Å². The summed E-state index contributed by atoms with van der Waals surface area (Å²) in [6.07, 6.45) is 3.92. The van der Waals surface area contributed by atoms with E-state index in [0.29, 0.717) is 18.9 Å². The number of nitrogens with one attached hydrogen (secondary N) is 1. The molecule has 0 bridgehead atoms. The van der Waals surface area contributed by atoms with Crippen molar-refractivity contribution in [1.82, 2.24) is 5.32 Å². The summed E-state index contributed by atoms with van der Waals surface area (Å²) in [6, 6.07) is 8.40. The molecule has 0 radical (unpaired) electrons. The van der Waals surface area contributed by atoms with E-state index in [1.807, 2.05) is 6.07 Å². The maximum atomic E-state index is 11.7. The molecule has 92 valence electrons. The van der Waals surface area contributed by atoms with Gasteiger partial charge in [-0.05, 0) is 36.3 Å². The van der Waals surface area contributed by atoms with Gasteiger partial charge in [-0.2, -0.15) is 0 Å². The van der Waals surface area contributed by atoms with Gasteiger partial charge in [-0.1, -0.05) is 24.3 Å². The monoisotopic (exact) mass is 233 g/mol. The zero-order valence-corrected chi connectivity index (χ0v) is 9.98. The van der Waals surface area contributed by atoms with Crippen LogP contribution in [0.5, 0.6) is 0 Å². The highest BCUT2D eigenvalue weighted by Crippen LogP contribution is 2.33. The molecule has 1 aromatic carbocycles. The molecule has 0 aliphatic heterocycles. The van der Waals surface area contributed by atoms with Crippen molar-refractivity contribution in [3.05, 3.63) is 35.4 Å². The first kappa shape index (κ1) is 12.1. The minimum atomic E-state index is 0.00694. The smallest absolute Gasteiger partial charge is 0.220 e. The van der Waals surface area contributed by atoms with E-state index in [4.69, 9.17) is 5.11 Å². The maximum absolute atomic E-state index is 11.7. The number of hydrogen-bond donors (Lipinski definition) is 2. The molecule has 3 heteroatoms. The van der Waals surface area contributed by atoms with Crippen LogP contribution in [0.4, 0.5) is 0 Å². The Bertz CT molecular complexity index is 390. The van der Waals surface area contributed by atoms with E-state index in [-0.39, 0.29) is 12.5 Å². The number of carbonyl (C=O) groups is 1. The van der Waals surface area contributed by atoms with Crippen LogP contribution in [0.2, 0.25) is 0 Å². The Morgan fingerprint density at radius 3 is 3.06 bits per heavy atom. The number of aliphatic hydroxyl groups excluding tert-OH is 1. The summed E-state index contributed by atoms with van der Waals surface area (Å²) in [7, 11) is 0. The summed E-state index contributed by atoms with van der Waals surface area (Å²) >= 11 is 0. The van der Waals surface area contributed by atoms with Gasteiger partial charge in [0.25, 0.3) is 0 Å². The highest BCUT2D eigenvalue weighted by atomic mass is 16.3. The van der Waals surface area contributed by atoms with Crippen LogP contribution in [0.3, 0.4) is 0 Å². The Kier molecular flexibility index (Phi) is 4.15. The van der Waals surface area contributed by atoms with Crippen molar-refractivity contribution in [2.75, 3.05) is 13.2 Å². The van der Waals surface area contributed by atoms with E-state index in [1.165, 1.54) is 11.1 Å². The molecule has 2 rings (SSSR count). The summed E-state index contributed by atoms with van der Waals surface area (Å²) in [5, 5.41) is 11.4. The first-order valence-corrected chi connectivity index (χ1v) is 6.26. The molecule has 1 amide bonds. The number of fused-ring (bicyclic) bond motifs is 1. The van der Waals surface area contributed by atoms with Crippen LogP contribution in [0.25, 0.3) is 0 Å². The number of hydrogen-bond acceptors (Lipinski definition) is 2. The normalized spacial score (nSPS) is 18.5. The van der Waals surface area contributed by atoms with E-state index in [9.17, 15) is 4.79 Å². The van der Waals surface area contributed by atoms with Gasteiger partial charge in [0.15, 0.2) is 0 Å². The maximum Gasteiger partial charge on any atom is 0.220 e. The molecule has 0 heterocycles. The van der Waals surface area contributed by atoms with Crippen LogP contribution in [-0.4, -0.2) is 24.2 Å². The summed E-state index contributed by atoms with van der Waals surface area (Å²) in [4.78, 5) is 11.7. The Hall–Kier alpha value is -1.35. The molecule has 0 spiro atoms. The van der Waals surface area contributed by atoms with Crippen molar-refractivity contribution in [3.63, 3.8) is 0 Å². The Morgan fingerprint density at radius 2 is 2.24 bits per heavy atom. The van der Waals surface area contributed by atoms with Crippen molar-refractivity contribution in [1.29, 1.82) is 0 Å². The van der Waals surface area contributed by atoms with Gasteiger partial charge in [0, 0.05) is 13.0 Å². The molecule has 1 aliphatic rings. The summed E-state index contributed by atoms with van der Waals surface area (Å²) in [6.45, 7) is 0.361. The van der Waals surface area contributed by atoms with E-state index in [0.717, 1.165) is 19.3 Å². The van der Waals surface area contributed by atoms with Gasteiger partial charge >= 0.3 is 0 Å². The largest absolute Gasteiger partial charge is 0.395 e. The van der Waals surface area contributed by atoms with Crippen molar-refractivity contribution in [2.24, 2.45) is 0 Å². The topological polar surface area (TPSA) is 49.3 Å². The molecule has 3 nitrogen and oxygen atoms in total. The standard InChI is InChI=1S/C14H19NO2/c16-9-8-15-14(17)10-12-6-3-5-11-4-1-2-7-13(11)12/h1-2,4,7,12,16H,3,5-6,8-10H2,(H,15,17). The van der Waals surface area contributed by atoms with Crippen LogP contribution in [0.15, 0.2) is 24.3 Å².